The van der Waals surface area contributed by atoms with Crippen LogP contribution in [0.15, 0.2) is 18.2 Å². The van der Waals surface area contributed by atoms with Gasteiger partial charge in [-0.25, -0.2) is 0 Å². The van der Waals surface area contributed by atoms with Crippen molar-refractivity contribution in [3.05, 3.63) is 23.2 Å². The van der Waals surface area contributed by atoms with Crippen molar-refractivity contribution in [3.8, 4) is 5.75 Å². The molecule has 3 rings (SSSR count). The van der Waals surface area contributed by atoms with Gasteiger partial charge in [-0.1, -0.05) is 11.6 Å². The molecule has 1 aromatic carbocycles. The molecule has 0 bridgehead atoms. The lowest BCUT2D eigenvalue weighted by molar-refractivity contribution is -0.135. The van der Waals surface area contributed by atoms with E-state index in [4.69, 9.17) is 16.3 Å². The smallest absolute Gasteiger partial charge is 0.248 e. The van der Waals surface area contributed by atoms with Crippen molar-refractivity contribution in [2.75, 3.05) is 11.1 Å². The van der Waals surface area contributed by atoms with Gasteiger partial charge in [-0.3, -0.25) is 9.59 Å². The minimum Gasteiger partial charge on any atom is -0.489 e. The molecule has 24 heavy (non-hydrogen) atoms. The first-order chi connectivity index (χ1) is 11.3. The number of rotatable bonds is 4. The number of thioether (sulfide) groups is 1. The van der Waals surface area contributed by atoms with Gasteiger partial charge < -0.3 is 15.0 Å². The second kappa shape index (κ2) is 6.48. The molecule has 2 aliphatic heterocycles. The first kappa shape index (κ1) is 17.4. The zero-order valence-electron chi connectivity index (χ0n) is 14.0. The van der Waals surface area contributed by atoms with Crippen LogP contribution < -0.4 is 10.1 Å². The summed E-state index contributed by atoms with van der Waals surface area (Å²) in [6, 6.07) is 4.74. The molecule has 0 saturated carbocycles. The number of amides is 2. The molecule has 2 heterocycles. The van der Waals surface area contributed by atoms with Crippen molar-refractivity contribution < 1.29 is 14.3 Å². The molecule has 1 aromatic rings. The van der Waals surface area contributed by atoms with E-state index in [9.17, 15) is 9.59 Å². The molecule has 5 nitrogen and oxygen atoms in total. The third kappa shape index (κ3) is 3.22. The third-order valence-corrected chi connectivity index (χ3v) is 6.11. The van der Waals surface area contributed by atoms with Crippen molar-refractivity contribution in [1.82, 2.24) is 4.90 Å². The van der Waals surface area contributed by atoms with Crippen LogP contribution in [-0.2, 0) is 9.59 Å². The fourth-order valence-electron chi connectivity index (χ4n) is 3.17. The summed E-state index contributed by atoms with van der Waals surface area (Å²) >= 11 is 7.88. The van der Waals surface area contributed by atoms with Crippen molar-refractivity contribution >= 4 is 40.9 Å². The summed E-state index contributed by atoms with van der Waals surface area (Å²) in [6.45, 7) is 5.88. The van der Waals surface area contributed by atoms with E-state index in [1.54, 1.807) is 34.9 Å². The Kier molecular flexibility index (Phi) is 4.71. The molecule has 2 aliphatic rings. The number of nitrogens with one attached hydrogen (secondary N) is 1. The van der Waals surface area contributed by atoms with Gasteiger partial charge in [0.05, 0.1) is 16.0 Å². The van der Waals surface area contributed by atoms with Crippen LogP contribution in [0.4, 0.5) is 5.69 Å². The van der Waals surface area contributed by atoms with E-state index < -0.39 is 6.04 Å². The molecule has 1 N–H and O–H groups in total. The van der Waals surface area contributed by atoms with Gasteiger partial charge in [0.15, 0.2) is 0 Å². The molecule has 2 fully saturated rings. The predicted molar refractivity (Wildman–Crippen MR) is 96.6 cm³/mol. The summed E-state index contributed by atoms with van der Waals surface area (Å²) in [7, 11) is 0. The van der Waals surface area contributed by atoms with Gasteiger partial charge in [0, 0.05) is 17.9 Å². The molecular weight excluding hydrogens is 348 g/mol. The number of carbonyl (C=O) groups is 2. The topological polar surface area (TPSA) is 58.6 Å². The lowest BCUT2D eigenvalue weighted by Gasteiger charge is -2.29. The maximum Gasteiger partial charge on any atom is 0.248 e. The Morgan fingerprint density at radius 2 is 2.25 bits per heavy atom. The van der Waals surface area contributed by atoms with Gasteiger partial charge in [0.2, 0.25) is 11.8 Å². The van der Waals surface area contributed by atoms with Gasteiger partial charge in [0.1, 0.15) is 11.8 Å². The molecule has 0 aliphatic carbocycles. The van der Waals surface area contributed by atoms with E-state index in [1.165, 1.54) is 0 Å². The minimum absolute atomic E-state index is 0.0253. The number of carbonyl (C=O) groups excluding carboxylic acids is 2. The van der Waals surface area contributed by atoms with E-state index in [-0.39, 0.29) is 22.8 Å². The van der Waals surface area contributed by atoms with E-state index in [1.807, 2.05) is 20.8 Å². The Labute approximate surface area is 151 Å². The Balaban J connectivity index is 1.71. The van der Waals surface area contributed by atoms with Crippen LogP contribution in [0.1, 0.15) is 33.6 Å². The number of benzene rings is 1. The number of nitrogens with zero attached hydrogens (tertiary/aromatic N) is 1. The zero-order chi connectivity index (χ0) is 17.5. The second-order valence-corrected chi connectivity index (χ2v) is 8.48. The van der Waals surface area contributed by atoms with Crippen LogP contribution in [-0.4, -0.2) is 39.5 Å². The van der Waals surface area contributed by atoms with Crippen molar-refractivity contribution in [1.29, 1.82) is 0 Å². The number of anilines is 1. The maximum atomic E-state index is 12.6. The van der Waals surface area contributed by atoms with Gasteiger partial charge in [-0.15, -0.1) is 11.8 Å². The Morgan fingerprint density at radius 1 is 1.50 bits per heavy atom. The number of ether oxygens (including phenoxy) is 1. The van der Waals surface area contributed by atoms with Crippen molar-refractivity contribution in [3.63, 3.8) is 0 Å². The second-order valence-electron chi connectivity index (χ2n) is 6.57. The lowest BCUT2D eigenvalue weighted by Crippen LogP contribution is -2.48. The molecule has 2 atom stereocenters. The summed E-state index contributed by atoms with van der Waals surface area (Å²) in [5.74, 6) is 1.09. The molecule has 130 valence electrons. The number of hydrogen-bond acceptors (Lipinski definition) is 4. The molecule has 2 saturated heterocycles. The highest BCUT2D eigenvalue weighted by atomic mass is 35.5. The highest BCUT2D eigenvalue weighted by Crippen LogP contribution is 2.47. The minimum atomic E-state index is -0.430. The van der Waals surface area contributed by atoms with Crippen LogP contribution in [0.25, 0.3) is 0 Å². The van der Waals surface area contributed by atoms with Crippen LogP contribution >= 0.6 is 23.4 Å². The largest absolute Gasteiger partial charge is 0.489 e. The first-order valence-electron chi connectivity index (χ1n) is 8.03. The normalized spacial score (nSPS) is 26.0. The van der Waals surface area contributed by atoms with Gasteiger partial charge in [-0.05, 0) is 45.4 Å². The highest BCUT2D eigenvalue weighted by molar-refractivity contribution is 8.01. The fourth-order valence-corrected chi connectivity index (χ4v) is 4.83. The van der Waals surface area contributed by atoms with Crippen LogP contribution in [0.3, 0.4) is 0 Å². The van der Waals surface area contributed by atoms with Crippen LogP contribution in [0, 0.1) is 0 Å². The Hall–Kier alpha value is -1.40. The van der Waals surface area contributed by atoms with Gasteiger partial charge in [-0.2, -0.15) is 0 Å². The molecule has 0 aromatic heterocycles. The number of hydrogen-bond donors (Lipinski definition) is 1. The predicted octanol–water partition coefficient (Wildman–Crippen LogP) is 3.52. The number of fused-ring (bicyclic) bond motifs is 1. The number of halogens is 1. The standard InChI is InChI=1S/C17H21ClN2O3S/c1-10(2)23-14-5-4-11(8-12(14)18)19-16(22)13-9-24-17(3)7-6-15(21)20(13)17/h4-5,8,10,13H,6-7,9H2,1-3H3,(H,19,22). The van der Waals surface area contributed by atoms with Crippen LogP contribution in [0.2, 0.25) is 5.02 Å². The molecule has 2 amide bonds. The van der Waals surface area contributed by atoms with Crippen molar-refractivity contribution in [2.45, 2.75) is 50.6 Å². The zero-order valence-corrected chi connectivity index (χ0v) is 15.5. The summed E-state index contributed by atoms with van der Waals surface area (Å²) in [5.41, 5.74) is 0.603. The maximum absolute atomic E-state index is 12.6. The SMILES string of the molecule is CC(C)Oc1ccc(NC(=O)C2CSC3(C)CCC(=O)N23)cc1Cl. The molecule has 0 radical (unpaired) electrons. The monoisotopic (exact) mass is 368 g/mol. The Bertz CT molecular complexity index is 682. The third-order valence-electron chi connectivity index (χ3n) is 4.31. The van der Waals surface area contributed by atoms with Gasteiger partial charge in [0.25, 0.3) is 0 Å². The molecular formula is C17H21ClN2O3S. The van der Waals surface area contributed by atoms with E-state index in [2.05, 4.69) is 5.32 Å². The quantitative estimate of drug-likeness (QED) is 0.883. The summed E-state index contributed by atoms with van der Waals surface area (Å²) < 4.78 is 5.59. The van der Waals surface area contributed by atoms with E-state index >= 15 is 0 Å². The molecule has 0 spiro atoms. The molecule has 7 heteroatoms. The van der Waals surface area contributed by atoms with E-state index in [0.717, 1.165) is 6.42 Å². The van der Waals surface area contributed by atoms with Gasteiger partial charge >= 0.3 is 0 Å². The van der Waals surface area contributed by atoms with E-state index in [0.29, 0.717) is 28.6 Å². The highest BCUT2D eigenvalue weighted by Gasteiger charge is 2.52. The van der Waals surface area contributed by atoms with Crippen molar-refractivity contribution in [2.24, 2.45) is 0 Å². The summed E-state index contributed by atoms with van der Waals surface area (Å²) in [5, 5.41) is 3.32. The molecule has 2 unspecified atom stereocenters. The first-order valence-corrected chi connectivity index (χ1v) is 9.40. The lowest BCUT2D eigenvalue weighted by atomic mass is 10.2. The average Bonchev–Trinajstić information content (AvgIpc) is 2.98. The average molecular weight is 369 g/mol. The van der Waals surface area contributed by atoms with Crippen LogP contribution in [0.5, 0.6) is 5.75 Å². The Morgan fingerprint density at radius 3 is 2.92 bits per heavy atom. The fraction of sp³-hybridized carbons (Fsp3) is 0.529. The summed E-state index contributed by atoms with van der Waals surface area (Å²) in [4.78, 5) is 26.2. The summed E-state index contributed by atoms with van der Waals surface area (Å²) in [6.07, 6.45) is 1.34.